The van der Waals surface area contributed by atoms with E-state index >= 15 is 0 Å². The summed E-state index contributed by atoms with van der Waals surface area (Å²) in [6.07, 6.45) is 1.77. The van der Waals surface area contributed by atoms with E-state index in [0.717, 1.165) is 93.3 Å². The fourth-order valence-electron chi connectivity index (χ4n) is 10.6. The molecule has 0 fully saturated rings. The molecule has 326 valence electrons. The van der Waals surface area contributed by atoms with Gasteiger partial charge < -0.3 is 13.7 Å². The van der Waals surface area contributed by atoms with Crippen molar-refractivity contribution in [1.82, 2.24) is 0 Å². The summed E-state index contributed by atoms with van der Waals surface area (Å²) in [5, 5.41) is 4.52. The zero-order valence-corrected chi connectivity index (χ0v) is 40.0. The number of furan rings is 2. The summed E-state index contributed by atoms with van der Waals surface area (Å²) in [4.78, 5) is 10.7. The average Bonchev–Trinajstić information content (AvgIpc) is 3.97. The lowest BCUT2D eigenvalue weighted by atomic mass is 9.97. The van der Waals surface area contributed by atoms with Crippen LogP contribution in [0.4, 0.5) is 17.1 Å². The van der Waals surface area contributed by atoms with Crippen molar-refractivity contribution in [3.05, 3.63) is 194 Å². The predicted octanol–water partition coefficient (Wildman–Crippen LogP) is 18.4. The molecule has 0 radical (unpaired) electrons. The predicted molar refractivity (Wildman–Crippen MR) is 288 cm³/mol. The second kappa shape index (κ2) is 15.1. The highest BCUT2D eigenvalue weighted by Gasteiger charge is 2.40. The largest absolute Gasteiger partial charge is 0.455 e. The summed E-state index contributed by atoms with van der Waals surface area (Å²) in [5.74, 6) is 0. The van der Waals surface area contributed by atoms with Gasteiger partial charge >= 0.3 is 0 Å². The molecule has 0 bridgehead atoms. The Balaban J connectivity index is 0.861. The van der Waals surface area contributed by atoms with Gasteiger partial charge in [0.25, 0.3) is 0 Å². The summed E-state index contributed by atoms with van der Waals surface area (Å²) in [6.45, 7) is 0. The molecule has 15 rings (SSSR count). The van der Waals surface area contributed by atoms with E-state index in [1.54, 1.807) is 6.26 Å². The minimum Gasteiger partial charge on any atom is -0.455 e. The maximum atomic E-state index is 13.1. The zero-order chi connectivity index (χ0) is 45.5. The molecule has 0 N–H and O–H groups in total. The van der Waals surface area contributed by atoms with E-state index in [1.807, 2.05) is 77.8 Å². The van der Waals surface area contributed by atoms with Crippen molar-refractivity contribution in [2.45, 2.75) is 34.3 Å². The fraction of sp³-hybridized carbons (Fsp3) is 0.0164. The number of hydrogen-bond donors (Lipinski definition) is 0. The molecule has 1 atom stereocenters. The van der Waals surface area contributed by atoms with Gasteiger partial charge in [-0.15, -0.1) is 0 Å². The first-order valence-electron chi connectivity index (χ1n) is 22.8. The number of nitrogens with zero attached hydrogens (tertiary/aromatic N) is 1. The highest BCUT2D eigenvalue weighted by atomic mass is 32.2. The standard InChI is InChI=1S/C61H35NO3S4/c1-69(63)56-19-7-4-10-41(56)40-32-54-59-55(33-40)68-53-31-39(35-22-26-37(27-23-35)43-14-9-16-47-45-12-3-6-18-49(45)65-61(43)47)29-51-58(53)62(59)57-50(66-51)28-38(30-52(57)67-54)34-20-24-36(25-21-34)42-13-8-15-46-44-11-2-5-17-48(44)64-60(42)46/h2-33H,1H3. The number of para-hydroxylation sites is 4. The number of anilines is 3. The third-order valence-electron chi connectivity index (χ3n) is 13.8. The van der Waals surface area contributed by atoms with Crippen molar-refractivity contribution in [1.29, 1.82) is 0 Å². The Hall–Kier alpha value is -7.20. The van der Waals surface area contributed by atoms with Gasteiger partial charge in [0.05, 0.1) is 27.9 Å². The highest BCUT2D eigenvalue weighted by Crippen LogP contribution is 2.68. The summed E-state index contributed by atoms with van der Waals surface area (Å²) in [7, 11) is -1.15. The molecule has 0 aliphatic carbocycles. The summed E-state index contributed by atoms with van der Waals surface area (Å²) in [5.41, 5.74) is 18.5. The third kappa shape index (κ3) is 6.09. The first kappa shape index (κ1) is 39.8. The minimum absolute atomic E-state index is 0.843. The van der Waals surface area contributed by atoms with Crippen LogP contribution in [0.3, 0.4) is 0 Å². The van der Waals surface area contributed by atoms with Crippen molar-refractivity contribution >= 4 is 107 Å². The number of benzene rings is 10. The SMILES string of the molecule is CS(=O)c1ccccc1-c1cc2c3c(c1)Sc1cc(-c4ccc(-c5cccc6c5oc5ccccc56)cc4)cc4c1N3c1c(cc(-c3ccc(-c5cccc6c5oc5ccccc56)cc3)cc1S2)S4. The number of fused-ring (bicyclic) bond motifs is 6. The molecule has 0 amide bonds. The number of hydrogen-bond acceptors (Lipinski definition) is 7. The molecule has 0 saturated heterocycles. The maximum Gasteiger partial charge on any atom is 0.143 e. The Morgan fingerprint density at radius 2 is 0.725 bits per heavy atom. The van der Waals surface area contributed by atoms with Crippen LogP contribution >= 0.6 is 35.3 Å². The third-order valence-corrected chi connectivity index (χ3v) is 18.0. The van der Waals surface area contributed by atoms with Crippen molar-refractivity contribution in [2.75, 3.05) is 11.2 Å². The Morgan fingerprint density at radius 1 is 0.362 bits per heavy atom. The van der Waals surface area contributed by atoms with Gasteiger partial charge in [0.2, 0.25) is 0 Å². The van der Waals surface area contributed by atoms with Crippen molar-refractivity contribution in [3.8, 4) is 55.6 Å². The topological polar surface area (TPSA) is 46.6 Å². The van der Waals surface area contributed by atoms with Crippen molar-refractivity contribution in [3.63, 3.8) is 0 Å². The Bertz CT molecular complexity index is 3970. The van der Waals surface area contributed by atoms with Gasteiger partial charge in [-0.05, 0) is 99.1 Å². The summed E-state index contributed by atoms with van der Waals surface area (Å²) >= 11 is 5.55. The molecule has 4 nitrogen and oxygen atoms in total. The van der Waals surface area contributed by atoms with E-state index in [1.165, 1.54) is 57.6 Å². The van der Waals surface area contributed by atoms with Crippen LogP contribution in [0.5, 0.6) is 0 Å². The van der Waals surface area contributed by atoms with E-state index < -0.39 is 10.8 Å². The first-order chi connectivity index (χ1) is 34.0. The molecule has 12 aromatic rings. The van der Waals surface area contributed by atoms with Gasteiger partial charge in [0.15, 0.2) is 0 Å². The summed E-state index contributed by atoms with van der Waals surface area (Å²) in [6, 6.07) is 69.5. The summed E-state index contributed by atoms with van der Waals surface area (Å²) < 4.78 is 26.0. The Labute approximate surface area is 412 Å². The second-order valence-corrected chi connectivity index (χ2v) is 22.4. The Morgan fingerprint density at radius 3 is 1.17 bits per heavy atom. The number of rotatable bonds is 6. The van der Waals surface area contributed by atoms with Crippen LogP contribution in [0.15, 0.2) is 237 Å². The van der Waals surface area contributed by atoms with Crippen LogP contribution in [0.1, 0.15) is 0 Å². The van der Waals surface area contributed by atoms with E-state index in [-0.39, 0.29) is 0 Å². The quantitative estimate of drug-likeness (QED) is 0.165. The highest BCUT2D eigenvalue weighted by molar-refractivity contribution is 8.01. The molecule has 1 unspecified atom stereocenters. The van der Waals surface area contributed by atoms with E-state index in [2.05, 4.69) is 157 Å². The fourth-order valence-corrected chi connectivity index (χ4v) is 15.2. The van der Waals surface area contributed by atoms with Crippen LogP contribution in [0, 0.1) is 0 Å². The molecule has 0 saturated carbocycles. The first-order valence-corrected chi connectivity index (χ1v) is 26.8. The molecular formula is C61H35NO3S4. The molecular weight excluding hydrogens is 923 g/mol. The lowest BCUT2D eigenvalue weighted by molar-refractivity contribution is 0.669. The van der Waals surface area contributed by atoms with Gasteiger partial charge in [-0.2, -0.15) is 0 Å². The maximum absolute atomic E-state index is 13.1. The molecule has 0 spiro atoms. The molecule has 2 aromatic heterocycles. The van der Waals surface area contributed by atoms with Crippen LogP contribution in [0.25, 0.3) is 99.5 Å². The van der Waals surface area contributed by atoms with E-state index in [0.29, 0.717) is 0 Å². The van der Waals surface area contributed by atoms with Gasteiger partial charge in [0, 0.05) is 73.2 Å². The van der Waals surface area contributed by atoms with E-state index in [9.17, 15) is 4.21 Å². The zero-order valence-electron chi connectivity index (χ0n) is 36.8. The molecule has 3 aliphatic rings. The normalized spacial score (nSPS) is 13.7. The van der Waals surface area contributed by atoms with Crippen LogP contribution in [-0.2, 0) is 10.8 Å². The molecule has 69 heavy (non-hydrogen) atoms. The van der Waals surface area contributed by atoms with Crippen LogP contribution in [0.2, 0.25) is 0 Å². The van der Waals surface area contributed by atoms with Gasteiger partial charge in [-0.1, -0.05) is 175 Å². The van der Waals surface area contributed by atoms with Crippen molar-refractivity contribution < 1.29 is 13.0 Å². The molecule has 5 heterocycles. The molecule has 10 aromatic carbocycles. The smallest absolute Gasteiger partial charge is 0.143 e. The van der Waals surface area contributed by atoms with Gasteiger partial charge in [-0.3, -0.25) is 4.21 Å². The van der Waals surface area contributed by atoms with Crippen LogP contribution < -0.4 is 4.90 Å². The lowest BCUT2D eigenvalue weighted by Gasteiger charge is -2.43. The second-order valence-electron chi connectivity index (χ2n) is 17.8. The van der Waals surface area contributed by atoms with Crippen LogP contribution in [-0.4, -0.2) is 10.5 Å². The van der Waals surface area contributed by atoms with Crippen molar-refractivity contribution in [2.24, 2.45) is 0 Å². The van der Waals surface area contributed by atoms with E-state index in [4.69, 9.17) is 8.83 Å². The Kier molecular flexibility index (Phi) is 8.73. The molecule has 3 aliphatic heterocycles. The average molecular weight is 958 g/mol. The minimum atomic E-state index is -1.15. The van der Waals surface area contributed by atoms with Gasteiger partial charge in [-0.25, -0.2) is 0 Å². The lowest BCUT2D eigenvalue weighted by Crippen LogP contribution is -2.23. The van der Waals surface area contributed by atoms with Gasteiger partial charge in [0.1, 0.15) is 22.3 Å². The monoisotopic (exact) mass is 957 g/mol. The molecule has 8 heteroatoms.